The number of carbonyl (C=O) groups excluding carboxylic acids is 1. The highest BCUT2D eigenvalue weighted by Crippen LogP contribution is 2.30. The average molecular weight is 371 g/mol. The first-order chi connectivity index (χ1) is 11.6. The summed E-state index contributed by atoms with van der Waals surface area (Å²) in [5, 5.41) is 7.77. The van der Waals surface area contributed by atoms with Crippen LogP contribution in [0.25, 0.3) is 0 Å². The van der Waals surface area contributed by atoms with Crippen LogP contribution in [0.2, 0.25) is 0 Å². The number of hydrogen-bond acceptors (Lipinski definition) is 4. The van der Waals surface area contributed by atoms with Gasteiger partial charge in [0.05, 0.1) is 6.10 Å². The van der Waals surface area contributed by atoms with Crippen molar-refractivity contribution >= 4 is 18.3 Å². The van der Waals surface area contributed by atoms with E-state index in [1.165, 1.54) is 0 Å². The normalized spacial score (nSPS) is 21.2. The maximum absolute atomic E-state index is 13.3. The summed E-state index contributed by atoms with van der Waals surface area (Å²) < 4.78 is 7.84. The number of nitrogens with one attached hydrogen (secondary N) is 1. The molecule has 1 N–H and O–H groups in total. The molecule has 0 aliphatic carbocycles. The van der Waals surface area contributed by atoms with Crippen LogP contribution in [-0.2, 0) is 15.1 Å². The second kappa shape index (κ2) is 9.01. The van der Waals surface area contributed by atoms with E-state index < -0.39 is 5.54 Å². The Balaban J connectivity index is 0.00000225. The molecule has 0 atom stereocenters. The van der Waals surface area contributed by atoms with Crippen molar-refractivity contribution in [2.75, 3.05) is 32.8 Å². The van der Waals surface area contributed by atoms with Gasteiger partial charge in [0.2, 0.25) is 0 Å². The molecule has 3 heterocycles. The van der Waals surface area contributed by atoms with Crippen molar-refractivity contribution in [1.82, 2.24) is 20.0 Å². The van der Waals surface area contributed by atoms with Crippen molar-refractivity contribution in [2.45, 2.75) is 51.2 Å². The van der Waals surface area contributed by atoms with Gasteiger partial charge in [-0.05, 0) is 50.8 Å². The highest BCUT2D eigenvalue weighted by Gasteiger charge is 2.45. The molecule has 0 bridgehead atoms. The van der Waals surface area contributed by atoms with Crippen LogP contribution in [0.3, 0.4) is 0 Å². The summed E-state index contributed by atoms with van der Waals surface area (Å²) >= 11 is 0. The number of likely N-dealkylation sites (tertiary alicyclic amines) is 1. The maximum Gasteiger partial charge on any atom is 0.250 e. The van der Waals surface area contributed by atoms with Crippen molar-refractivity contribution in [2.24, 2.45) is 5.92 Å². The third kappa shape index (κ3) is 4.54. The van der Waals surface area contributed by atoms with Gasteiger partial charge in [0.25, 0.3) is 5.91 Å². The number of piperidine rings is 2. The molecule has 2 aliphatic rings. The van der Waals surface area contributed by atoms with Crippen molar-refractivity contribution in [3.8, 4) is 0 Å². The molecule has 142 valence electrons. The SMILES string of the molecule is CC(C)COC1CCN(C(=O)C2(n3cccn3)CCNCC2)CC1.Cl. The monoisotopic (exact) mass is 370 g/mol. The molecule has 25 heavy (non-hydrogen) atoms. The lowest BCUT2D eigenvalue weighted by atomic mass is 9.86. The Hall–Kier alpha value is -1.11. The van der Waals surface area contributed by atoms with Gasteiger partial charge in [-0.15, -0.1) is 12.4 Å². The minimum atomic E-state index is -0.514. The number of hydrogen-bond donors (Lipinski definition) is 1. The molecule has 7 heteroatoms. The van der Waals surface area contributed by atoms with Gasteiger partial charge in [-0.25, -0.2) is 0 Å². The van der Waals surface area contributed by atoms with E-state index in [4.69, 9.17) is 4.74 Å². The van der Waals surface area contributed by atoms with Crippen LogP contribution in [0.15, 0.2) is 18.5 Å². The first kappa shape index (κ1) is 20.2. The van der Waals surface area contributed by atoms with Crippen molar-refractivity contribution in [3.63, 3.8) is 0 Å². The van der Waals surface area contributed by atoms with Crippen LogP contribution in [-0.4, -0.2) is 59.5 Å². The number of halogens is 1. The van der Waals surface area contributed by atoms with Gasteiger partial charge in [0, 0.05) is 32.1 Å². The topological polar surface area (TPSA) is 59.4 Å². The number of nitrogens with zero attached hydrogens (tertiary/aromatic N) is 3. The van der Waals surface area contributed by atoms with Gasteiger partial charge in [-0.1, -0.05) is 13.8 Å². The van der Waals surface area contributed by atoms with Crippen LogP contribution in [0.5, 0.6) is 0 Å². The van der Waals surface area contributed by atoms with Gasteiger partial charge in [0.15, 0.2) is 0 Å². The molecule has 0 spiro atoms. The quantitative estimate of drug-likeness (QED) is 0.861. The summed E-state index contributed by atoms with van der Waals surface area (Å²) in [6.45, 7) is 8.45. The fraction of sp³-hybridized carbons (Fsp3) is 0.778. The van der Waals surface area contributed by atoms with E-state index in [1.807, 2.05) is 21.8 Å². The molecule has 2 fully saturated rings. The van der Waals surface area contributed by atoms with Crippen LogP contribution < -0.4 is 5.32 Å². The second-order valence-electron chi connectivity index (χ2n) is 7.45. The summed E-state index contributed by atoms with van der Waals surface area (Å²) in [4.78, 5) is 15.4. The van der Waals surface area contributed by atoms with Crippen molar-refractivity contribution < 1.29 is 9.53 Å². The van der Waals surface area contributed by atoms with Gasteiger partial charge in [0.1, 0.15) is 5.54 Å². The Bertz CT molecular complexity index is 521. The minimum absolute atomic E-state index is 0. The fourth-order valence-electron chi connectivity index (χ4n) is 3.75. The van der Waals surface area contributed by atoms with E-state index >= 15 is 0 Å². The van der Waals surface area contributed by atoms with Crippen LogP contribution in [0.1, 0.15) is 39.5 Å². The van der Waals surface area contributed by atoms with Gasteiger partial charge in [-0.2, -0.15) is 5.10 Å². The van der Waals surface area contributed by atoms with E-state index in [0.29, 0.717) is 12.0 Å². The minimum Gasteiger partial charge on any atom is -0.378 e. The zero-order valence-corrected chi connectivity index (χ0v) is 16.1. The lowest BCUT2D eigenvalue weighted by Gasteiger charge is -2.42. The molecule has 6 nitrogen and oxygen atoms in total. The third-order valence-corrected chi connectivity index (χ3v) is 5.17. The highest BCUT2D eigenvalue weighted by molar-refractivity contribution is 5.85. The van der Waals surface area contributed by atoms with Crippen molar-refractivity contribution in [3.05, 3.63) is 18.5 Å². The molecule has 0 saturated carbocycles. The summed E-state index contributed by atoms with van der Waals surface area (Å²) in [6, 6.07) is 1.91. The van der Waals surface area contributed by atoms with Crippen LogP contribution >= 0.6 is 12.4 Å². The number of ether oxygens (including phenoxy) is 1. The molecule has 2 saturated heterocycles. The zero-order valence-electron chi connectivity index (χ0n) is 15.3. The highest BCUT2D eigenvalue weighted by atomic mass is 35.5. The van der Waals surface area contributed by atoms with Crippen LogP contribution in [0, 0.1) is 5.92 Å². The smallest absolute Gasteiger partial charge is 0.250 e. The first-order valence-electron chi connectivity index (χ1n) is 9.23. The fourth-order valence-corrected chi connectivity index (χ4v) is 3.75. The number of amides is 1. The van der Waals surface area contributed by atoms with E-state index in [0.717, 1.165) is 58.5 Å². The van der Waals surface area contributed by atoms with E-state index in [-0.39, 0.29) is 18.3 Å². The average Bonchev–Trinajstić information content (AvgIpc) is 3.15. The lowest BCUT2D eigenvalue weighted by molar-refractivity contribution is -0.146. The summed E-state index contributed by atoms with van der Waals surface area (Å²) in [7, 11) is 0. The standard InChI is InChI=1S/C18H30N4O2.ClH/c1-15(2)14-24-16-4-12-21(13-5-16)17(23)18(6-9-19-10-7-18)22-11-3-8-20-22;/h3,8,11,15-16,19H,4-7,9-10,12-14H2,1-2H3;1H. The molecule has 1 aromatic heterocycles. The molecule has 3 rings (SSSR count). The van der Waals surface area contributed by atoms with E-state index in [2.05, 4.69) is 24.3 Å². The predicted molar refractivity (Wildman–Crippen MR) is 99.9 cm³/mol. The Morgan fingerprint density at radius 1 is 1.32 bits per heavy atom. The molecule has 0 unspecified atom stereocenters. The Kier molecular flexibility index (Phi) is 7.28. The number of aromatic nitrogens is 2. The molecule has 2 aliphatic heterocycles. The van der Waals surface area contributed by atoms with Gasteiger partial charge in [-0.3, -0.25) is 9.48 Å². The van der Waals surface area contributed by atoms with E-state index in [9.17, 15) is 4.79 Å². The Morgan fingerprint density at radius 3 is 2.56 bits per heavy atom. The lowest BCUT2D eigenvalue weighted by Crippen LogP contribution is -2.57. The molecule has 0 radical (unpaired) electrons. The summed E-state index contributed by atoms with van der Waals surface area (Å²) in [6.07, 6.45) is 7.47. The first-order valence-corrected chi connectivity index (χ1v) is 9.23. The predicted octanol–water partition coefficient (Wildman–Crippen LogP) is 2.05. The molecular weight excluding hydrogens is 340 g/mol. The zero-order chi connectivity index (χ0) is 17.0. The van der Waals surface area contributed by atoms with Crippen molar-refractivity contribution in [1.29, 1.82) is 0 Å². The van der Waals surface area contributed by atoms with Gasteiger partial charge < -0.3 is 15.0 Å². The molecule has 1 amide bonds. The van der Waals surface area contributed by atoms with Gasteiger partial charge >= 0.3 is 0 Å². The maximum atomic E-state index is 13.3. The third-order valence-electron chi connectivity index (χ3n) is 5.17. The summed E-state index contributed by atoms with van der Waals surface area (Å²) in [5.41, 5.74) is -0.514. The number of carbonyl (C=O) groups is 1. The second-order valence-corrected chi connectivity index (χ2v) is 7.45. The number of rotatable bonds is 5. The van der Waals surface area contributed by atoms with E-state index in [1.54, 1.807) is 6.20 Å². The molecular formula is C18H31ClN4O2. The largest absolute Gasteiger partial charge is 0.378 e. The van der Waals surface area contributed by atoms with Crippen LogP contribution in [0.4, 0.5) is 0 Å². The Morgan fingerprint density at radius 2 is 2.00 bits per heavy atom. The Labute approximate surface area is 156 Å². The summed E-state index contributed by atoms with van der Waals surface area (Å²) in [5.74, 6) is 0.789. The molecule has 1 aromatic rings. The molecule has 0 aromatic carbocycles.